The van der Waals surface area contributed by atoms with Gasteiger partial charge in [-0.15, -0.1) is 23.1 Å². The van der Waals surface area contributed by atoms with E-state index in [1.165, 1.54) is 34.7 Å². The normalized spacial score (nSPS) is 18.6. The van der Waals surface area contributed by atoms with E-state index in [4.69, 9.17) is 16.0 Å². The largest absolute Gasteiger partial charge is 0.448 e. The van der Waals surface area contributed by atoms with Crippen LogP contribution in [0.15, 0.2) is 31.5 Å². The second kappa shape index (κ2) is 7.40. The molecule has 1 aliphatic heterocycles. The molecule has 0 saturated heterocycles. The molecule has 5 heterocycles. The summed E-state index contributed by atoms with van der Waals surface area (Å²) in [5.74, 6) is 0.600. The van der Waals surface area contributed by atoms with Gasteiger partial charge in [0.1, 0.15) is 11.0 Å². The van der Waals surface area contributed by atoms with Crippen LogP contribution in [0.3, 0.4) is 0 Å². The first-order chi connectivity index (χ1) is 14.8. The fourth-order valence-electron chi connectivity index (χ4n) is 4.21. The van der Waals surface area contributed by atoms with Gasteiger partial charge in [-0.3, -0.25) is 13.9 Å². The summed E-state index contributed by atoms with van der Waals surface area (Å²) in [5, 5.41) is 13.0. The Morgan fingerprint density at radius 2 is 2.06 bits per heavy atom. The number of thiazole rings is 1. The monoisotopic (exact) mass is 478 g/mol. The molecular weight excluding hydrogens is 460 g/mol. The maximum atomic E-state index is 13.3. The Morgan fingerprint density at radius 1 is 1.29 bits per heavy atom. The van der Waals surface area contributed by atoms with Gasteiger partial charge in [0.25, 0.3) is 5.56 Å². The summed E-state index contributed by atoms with van der Waals surface area (Å²) in [7, 11) is 3.14. The maximum absolute atomic E-state index is 13.3. The summed E-state index contributed by atoms with van der Waals surface area (Å²) in [5.41, 5.74) is 1.88. The topological polar surface area (TPSA) is 95.2 Å². The Kier molecular flexibility index (Phi) is 4.93. The number of halogens is 1. The minimum absolute atomic E-state index is 0.0456. The average Bonchev–Trinajstić information content (AvgIpc) is 3.46. The van der Waals surface area contributed by atoms with Gasteiger partial charge >= 0.3 is 5.69 Å². The lowest BCUT2D eigenvalue weighted by atomic mass is 10.2. The van der Waals surface area contributed by atoms with Gasteiger partial charge in [-0.1, -0.05) is 0 Å². The number of aliphatic hydroxyl groups is 1. The van der Waals surface area contributed by atoms with Crippen LogP contribution in [0.2, 0.25) is 5.22 Å². The molecule has 1 N–H and O–H groups in total. The molecule has 0 aromatic carbocycles. The lowest BCUT2D eigenvalue weighted by Gasteiger charge is -2.30. The lowest BCUT2D eigenvalue weighted by Crippen LogP contribution is -2.37. The van der Waals surface area contributed by atoms with Crippen LogP contribution < -0.4 is 11.2 Å². The summed E-state index contributed by atoms with van der Waals surface area (Å²) >= 11 is 9.07. The lowest BCUT2D eigenvalue weighted by molar-refractivity contribution is 0.283. The number of aromatic nitrogens is 4. The van der Waals surface area contributed by atoms with Gasteiger partial charge in [0.15, 0.2) is 5.22 Å². The number of rotatable bonds is 3. The molecule has 2 atom stereocenters. The molecule has 0 saturated carbocycles. The van der Waals surface area contributed by atoms with Crippen molar-refractivity contribution in [2.75, 3.05) is 6.61 Å². The van der Waals surface area contributed by atoms with Crippen molar-refractivity contribution in [2.24, 2.45) is 14.1 Å². The molecule has 5 rings (SSSR count). The molecule has 0 spiro atoms. The minimum atomic E-state index is -0.405. The number of hydrogen-bond donors (Lipinski definition) is 1. The molecular formula is C20H19ClN4O4S2. The van der Waals surface area contributed by atoms with E-state index in [1.54, 1.807) is 19.2 Å². The molecule has 0 bridgehead atoms. The molecule has 31 heavy (non-hydrogen) atoms. The number of hydrogen-bond acceptors (Lipinski definition) is 7. The van der Waals surface area contributed by atoms with E-state index in [0.717, 1.165) is 15.3 Å². The van der Waals surface area contributed by atoms with Crippen molar-refractivity contribution in [1.82, 2.24) is 18.7 Å². The van der Waals surface area contributed by atoms with Crippen molar-refractivity contribution >= 4 is 45.6 Å². The van der Waals surface area contributed by atoms with Crippen molar-refractivity contribution in [3.63, 3.8) is 0 Å². The van der Waals surface area contributed by atoms with Crippen LogP contribution in [0.5, 0.6) is 0 Å². The minimum Gasteiger partial charge on any atom is -0.448 e. The molecule has 11 heteroatoms. The van der Waals surface area contributed by atoms with Gasteiger partial charge in [-0.25, -0.2) is 9.78 Å². The molecule has 162 valence electrons. The van der Waals surface area contributed by atoms with Gasteiger partial charge in [-0.2, -0.15) is 0 Å². The Bertz CT molecular complexity index is 1440. The number of nitrogens with zero attached hydrogens (tertiary/aromatic N) is 4. The fourth-order valence-corrected chi connectivity index (χ4v) is 6.29. The zero-order valence-electron chi connectivity index (χ0n) is 17.0. The highest BCUT2D eigenvalue weighted by Crippen LogP contribution is 2.49. The van der Waals surface area contributed by atoms with Gasteiger partial charge in [0.05, 0.1) is 39.6 Å². The van der Waals surface area contributed by atoms with Crippen molar-refractivity contribution in [3.05, 3.63) is 60.0 Å². The van der Waals surface area contributed by atoms with Crippen LogP contribution in [0, 0.1) is 6.92 Å². The molecule has 4 aromatic heterocycles. The summed E-state index contributed by atoms with van der Waals surface area (Å²) < 4.78 is 10.4. The van der Waals surface area contributed by atoms with E-state index < -0.39 is 5.69 Å². The summed E-state index contributed by atoms with van der Waals surface area (Å²) in [4.78, 5) is 30.8. The fraction of sp³-hybridized carbons (Fsp3) is 0.350. The quantitative estimate of drug-likeness (QED) is 0.486. The highest BCUT2D eigenvalue weighted by atomic mass is 35.5. The van der Waals surface area contributed by atoms with Crippen molar-refractivity contribution in [3.8, 4) is 11.4 Å². The third-order valence-electron chi connectivity index (χ3n) is 5.59. The third-order valence-corrected chi connectivity index (χ3v) is 7.97. The van der Waals surface area contributed by atoms with Crippen molar-refractivity contribution in [1.29, 1.82) is 0 Å². The second-order valence-electron chi connectivity index (χ2n) is 7.49. The predicted molar refractivity (Wildman–Crippen MR) is 122 cm³/mol. The highest BCUT2D eigenvalue weighted by molar-refractivity contribution is 8.00. The highest BCUT2D eigenvalue weighted by Gasteiger charge is 2.38. The van der Waals surface area contributed by atoms with Crippen LogP contribution in [0.25, 0.3) is 22.3 Å². The Balaban J connectivity index is 1.96. The van der Waals surface area contributed by atoms with E-state index in [-0.39, 0.29) is 27.9 Å². The van der Waals surface area contributed by atoms with Crippen LogP contribution >= 0.6 is 34.7 Å². The number of aryl methyl sites for hydroxylation is 2. The standard InChI is InChI=1S/C20H19ClN4O4S2/c1-9-22-11(8-30-9)15-14-16(23(2)20(28)24(3)19(14)27)17-18(12-4-5-13(21)29-12)31-10(7-26)6-25(15)17/h4-5,8,10,18,26H,6-7H2,1-3H3/t10-,18+/m1/s1. The second-order valence-corrected chi connectivity index (χ2v) is 10.3. The van der Waals surface area contributed by atoms with Gasteiger partial charge < -0.3 is 14.1 Å². The van der Waals surface area contributed by atoms with E-state index in [0.29, 0.717) is 34.6 Å². The zero-order chi connectivity index (χ0) is 22.0. The first-order valence-corrected chi connectivity index (χ1v) is 11.8. The molecule has 1 aliphatic rings. The van der Waals surface area contributed by atoms with Crippen LogP contribution in [0.1, 0.15) is 21.7 Å². The Labute approximate surface area is 189 Å². The van der Waals surface area contributed by atoms with E-state index in [9.17, 15) is 14.7 Å². The van der Waals surface area contributed by atoms with Crippen molar-refractivity contribution < 1.29 is 9.52 Å². The summed E-state index contributed by atoms with van der Waals surface area (Å²) in [6.07, 6.45) is 0. The summed E-state index contributed by atoms with van der Waals surface area (Å²) in [6.45, 7) is 2.33. The molecule has 0 unspecified atom stereocenters. The third kappa shape index (κ3) is 3.04. The van der Waals surface area contributed by atoms with Crippen LogP contribution in [0.4, 0.5) is 0 Å². The molecule has 0 fully saturated rings. The summed E-state index contributed by atoms with van der Waals surface area (Å²) in [6, 6.07) is 3.45. The number of thioether (sulfide) groups is 1. The Morgan fingerprint density at radius 3 is 2.68 bits per heavy atom. The number of aliphatic hydroxyl groups excluding tert-OH is 1. The van der Waals surface area contributed by atoms with Gasteiger partial charge in [0, 0.05) is 31.3 Å². The van der Waals surface area contributed by atoms with Gasteiger partial charge in [0.2, 0.25) is 0 Å². The zero-order valence-corrected chi connectivity index (χ0v) is 19.3. The molecule has 0 radical (unpaired) electrons. The Hall–Kier alpha value is -2.27. The first-order valence-electron chi connectivity index (χ1n) is 9.58. The number of furan rings is 1. The van der Waals surface area contributed by atoms with E-state index >= 15 is 0 Å². The SMILES string of the molecule is Cc1nc(-c2c3c(=O)n(C)c(=O)n(C)c3c3n2C[C@H](CO)S[C@H]3c2ccc(Cl)o2)cs1. The first kappa shape index (κ1) is 20.6. The van der Waals surface area contributed by atoms with Crippen LogP contribution in [-0.2, 0) is 20.6 Å². The van der Waals surface area contributed by atoms with Crippen molar-refractivity contribution in [2.45, 2.75) is 24.0 Å². The number of fused-ring (bicyclic) bond motifs is 3. The van der Waals surface area contributed by atoms with Gasteiger partial charge in [-0.05, 0) is 30.7 Å². The molecule has 0 aliphatic carbocycles. The van der Waals surface area contributed by atoms with E-state index in [2.05, 4.69) is 4.98 Å². The molecule has 8 nitrogen and oxygen atoms in total. The molecule has 4 aromatic rings. The average molecular weight is 479 g/mol. The van der Waals surface area contributed by atoms with Crippen LogP contribution in [-0.4, -0.2) is 35.6 Å². The van der Waals surface area contributed by atoms with E-state index in [1.807, 2.05) is 16.9 Å². The molecule has 0 amide bonds. The maximum Gasteiger partial charge on any atom is 0.331 e. The predicted octanol–water partition coefficient (Wildman–Crippen LogP) is 2.91. The smallest absolute Gasteiger partial charge is 0.331 e.